The number of hydrogen-bond acceptors (Lipinski definition) is 8. The molecule has 204 valence electrons. The zero-order valence-corrected chi connectivity index (χ0v) is 21.1. The Balaban J connectivity index is 1.47. The smallest absolute Gasteiger partial charge is 0.220 e. The van der Waals surface area contributed by atoms with E-state index in [1.807, 2.05) is 0 Å². The Kier molecular flexibility index (Phi) is 14.1. The van der Waals surface area contributed by atoms with Crippen LogP contribution in [0, 0.1) is 5.92 Å². The van der Waals surface area contributed by atoms with Crippen LogP contribution in [-0.4, -0.2) is 88.7 Å². The van der Waals surface area contributed by atoms with Crippen LogP contribution in [0.3, 0.4) is 0 Å². The van der Waals surface area contributed by atoms with Crippen molar-refractivity contribution >= 4 is 11.8 Å². The van der Waals surface area contributed by atoms with Gasteiger partial charge in [-0.05, 0) is 38.5 Å². The standard InChI is InChI=1S/C25H46N2O8/c1-17(18-10-6-2-3-7-11-18)27-21(30)13-9-5-4-8-12-20(29)26-14-15-34-25-24(33)23(32)22(31)19(16-28)35-25/h17-19,22-25,28,31-33H,2-16H2,1H3,(H,26,29)(H,27,30). The highest BCUT2D eigenvalue weighted by Gasteiger charge is 2.43. The highest BCUT2D eigenvalue weighted by Crippen LogP contribution is 2.25. The maximum Gasteiger partial charge on any atom is 0.220 e. The largest absolute Gasteiger partial charge is 0.394 e. The molecule has 2 amide bonds. The molecule has 0 bridgehead atoms. The van der Waals surface area contributed by atoms with Crippen LogP contribution < -0.4 is 10.6 Å². The molecule has 10 nitrogen and oxygen atoms in total. The lowest BCUT2D eigenvalue weighted by atomic mass is 9.93. The van der Waals surface area contributed by atoms with Crippen molar-refractivity contribution < 1.29 is 39.5 Å². The number of aliphatic hydroxyl groups excluding tert-OH is 4. The third-order valence-electron chi connectivity index (χ3n) is 7.11. The summed E-state index contributed by atoms with van der Waals surface area (Å²) in [6.45, 7) is 1.85. The number of hydrogen-bond donors (Lipinski definition) is 6. The summed E-state index contributed by atoms with van der Waals surface area (Å²) in [6, 6.07) is 0.244. The fourth-order valence-corrected chi connectivity index (χ4v) is 4.84. The fourth-order valence-electron chi connectivity index (χ4n) is 4.84. The van der Waals surface area contributed by atoms with Crippen LogP contribution in [-0.2, 0) is 19.1 Å². The van der Waals surface area contributed by atoms with E-state index in [-0.39, 0.29) is 31.0 Å². The van der Waals surface area contributed by atoms with Gasteiger partial charge in [-0.2, -0.15) is 0 Å². The lowest BCUT2D eigenvalue weighted by molar-refractivity contribution is -0.300. The topological polar surface area (TPSA) is 158 Å². The number of unbranched alkanes of at least 4 members (excludes halogenated alkanes) is 3. The summed E-state index contributed by atoms with van der Waals surface area (Å²) < 4.78 is 10.6. The normalized spacial score (nSPS) is 28.8. The van der Waals surface area contributed by atoms with Crippen LogP contribution in [0.5, 0.6) is 0 Å². The van der Waals surface area contributed by atoms with Crippen molar-refractivity contribution in [3.05, 3.63) is 0 Å². The van der Waals surface area contributed by atoms with Crippen molar-refractivity contribution in [2.24, 2.45) is 5.92 Å². The average molecular weight is 503 g/mol. The molecule has 2 rings (SSSR count). The minimum absolute atomic E-state index is 0.0445. The van der Waals surface area contributed by atoms with E-state index in [1.165, 1.54) is 38.5 Å². The van der Waals surface area contributed by atoms with E-state index in [4.69, 9.17) is 9.47 Å². The van der Waals surface area contributed by atoms with E-state index < -0.39 is 37.3 Å². The Morgan fingerprint density at radius 2 is 1.54 bits per heavy atom. The van der Waals surface area contributed by atoms with Gasteiger partial charge in [0.1, 0.15) is 24.4 Å². The molecule has 0 radical (unpaired) electrons. The van der Waals surface area contributed by atoms with E-state index in [0.717, 1.165) is 25.7 Å². The Morgan fingerprint density at radius 3 is 2.17 bits per heavy atom. The lowest BCUT2D eigenvalue weighted by Crippen LogP contribution is -2.59. The molecule has 1 aliphatic heterocycles. The van der Waals surface area contributed by atoms with Gasteiger partial charge in [0.15, 0.2) is 6.29 Å². The second kappa shape index (κ2) is 16.4. The maximum absolute atomic E-state index is 12.2. The molecule has 0 aromatic carbocycles. The first-order chi connectivity index (χ1) is 16.8. The van der Waals surface area contributed by atoms with Gasteiger partial charge in [-0.3, -0.25) is 9.59 Å². The maximum atomic E-state index is 12.2. The van der Waals surface area contributed by atoms with Gasteiger partial charge in [0.05, 0.1) is 13.2 Å². The first-order valence-electron chi connectivity index (χ1n) is 13.3. The van der Waals surface area contributed by atoms with Crippen molar-refractivity contribution in [1.29, 1.82) is 0 Å². The Labute approximate surface area is 208 Å². The molecule has 1 saturated heterocycles. The van der Waals surface area contributed by atoms with Gasteiger partial charge in [0.2, 0.25) is 11.8 Å². The molecule has 2 aliphatic rings. The van der Waals surface area contributed by atoms with Crippen molar-refractivity contribution in [3.8, 4) is 0 Å². The minimum Gasteiger partial charge on any atom is -0.394 e. The third kappa shape index (κ3) is 10.7. The minimum atomic E-state index is -1.49. The summed E-state index contributed by atoms with van der Waals surface area (Å²) in [6.07, 6.45) is 5.22. The Morgan fingerprint density at radius 1 is 0.914 bits per heavy atom. The molecule has 0 spiro atoms. The summed E-state index contributed by atoms with van der Waals surface area (Å²) >= 11 is 0. The van der Waals surface area contributed by atoms with Crippen LogP contribution in [0.25, 0.3) is 0 Å². The van der Waals surface area contributed by atoms with Gasteiger partial charge < -0.3 is 40.5 Å². The van der Waals surface area contributed by atoms with Gasteiger partial charge in [-0.25, -0.2) is 0 Å². The molecule has 1 heterocycles. The van der Waals surface area contributed by atoms with Crippen molar-refractivity contribution in [2.45, 2.75) is 121 Å². The summed E-state index contributed by atoms with van der Waals surface area (Å²) in [5.74, 6) is 0.610. The molecule has 0 aromatic rings. The average Bonchev–Trinajstić information content (AvgIpc) is 3.13. The molecule has 1 saturated carbocycles. The zero-order chi connectivity index (χ0) is 25.6. The van der Waals surface area contributed by atoms with Crippen LogP contribution in [0.1, 0.15) is 84.0 Å². The molecule has 0 aromatic heterocycles. The molecule has 6 N–H and O–H groups in total. The van der Waals surface area contributed by atoms with Crippen LogP contribution >= 0.6 is 0 Å². The molecule has 35 heavy (non-hydrogen) atoms. The summed E-state index contributed by atoms with van der Waals surface area (Å²) in [7, 11) is 0. The first-order valence-corrected chi connectivity index (χ1v) is 13.3. The third-order valence-corrected chi connectivity index (χ3v) is 7.11. The van der Waals surface area contributed by atoms with Crippen molar-refractivity contribution in [1.82, 2.24) is 10.6 Å². The van der Waals surface area contributed by atoms with Gasteiger partial charge in [0, 0.05) is 25.4 Å². The molecule has 1 aliphatic carbocycles. The number of nitrogens with one attached hydrogen (secondary N) is 2. The number of carbonyl (C=O) groups is 2. The monoisotopic (exact) mass is 502 g/mol. The highest BCUT2D eigenvalue weighted by molar-refractivity contribution is 5.76. The zero-order valence-electron chi connectivity index (χ0n) is 21.1. The van der Waals surface area contributed by atoms with E-state index >= 15 is 0 Å². The van der Waals surface area contributed by atoms with Gasteiger partial charge in [0.25, 0.3) is 0 Å². The fraction of sp³-hybridized carbons (Fsp3) is 0.920. The van der Waals surface area contributed by atoms with Crippen LogP contribution in [0.15, 0.2) is 0 Å². The van der Waals surface area contributed by atoms with E-state index in [2.05, 4.69) is 17.6 Å². The molecular formula is C25H46N2O8. The highest BCUT2D eigenvalue weighted by atomic mass is 16.7. The molecule has 10 heteroatoms. The number of rotatable bonds is 14. The Hall–Kier alpha value is -1.30. The summed E-state index contributed by atoms with van der Waals surface area (Å²) in [5, 5.41) is 44.5. The molecule has 6 atom stereocenters. The van der Waals surface area contributed by atoms with Crippen LogP contribution in [0.4, 0.5) is 0 Å². The quantitative estimate of drug-likeness (QED) is 0.150. The number of amides is 2. The van der Waals surface area contributed by atoms with E-state index in [0.29, 0.717) is 18.8 Å². The van der Waals surface area contributed by atoms with E-state index in [9.17, 15) is 30.0 Å². The van der Waals surface area contributed by atoms with Crippen molar-refractivity contribution in [2.75, 3.05) is 19.8 Å². The number of ether oxygens (including phenoxy) is 2. The molecular weight excluding hydrogens is 456 g/mol. The summed E-state index contributed by atoms with van der Waals surface area (Å²) in [4.78, 5) is 24.2. The van der Waals surface area contributed by atoms with Gasteiger partial charge >= 0.3 is 0 Å². The summed E-state index contributed by atoms with van der Waals surface area (Å²) in [5.41, 5.74) is 0. The second-order valence-corrected chi connectivity index (χ2v) is 9.94. The number of aliphatic hydroxyl groups is 4. The second-order valence-electron chi connectivity index (χ2n) is 9.94. The first kappa shape index (κ1) is 29.9. The van der Waals surface area contributed by atoms with Crippen LogP contribution in [0.2, 0.25) is 0 Å². The van der Waals surface area contributed by atoms with E-state index in [1.54, 1.807) is 0 Å². The SMILES string of the molecule is CC(NC(=O)CCCCCCC(=O)NCCOC1OC(CO)C(O)C(O)C1O)C1CCCCCC1. The number of carbonyl (C=O) groups excluding carboxylic acids is 2. The predicted octanol–water partition coefficient (Wildman–Crippen LogP) is 0.735. The lowest BCUT2D eigenvalue weighted by Gasteiger charge is -2.39. The van der Waals surface area contributed by atoms with Crippen molar-refractivity contribution in [3.63, 3.8) is 0 Å². The van der Waals surface area contributed by atoms with Gasteiger partial charge in [-0.15, -0.1) is 0 Å². The molecule has 6 unspecified atom stereocenters. The van der Waals surface area contributed by atoms with Gasteiger partial charge in [-0.1, -0.05) is 38.5 Å². The Bertz CT molecular complexity index is 612. The molecule has 2 fully saturated rings. The predicted molar refractivity (Wildman–Crippen MR) is 129 cm³/mol.